The van der Waals surface area contributed by atoms with Crippen molar-refractivity contribution < 1.29 is 18.0 Å². The van der Waals surface area contributed by atoms with E-state index in [9.17, 15) is 18.0 Å². The van der Waals surface area contributed by atoms with Crippen molar-refractivity contribution in [2.24, 2.45) is 0 Å². The van der Waals surface area contributed by atoms with E-state index in [-0.39, 0.29) is 5.56 Å². The minimum absolute atomic E-state index is 0.0306. The number of benzene rings is 3. The average Bonchev–Trinajstić information content (AvgIpc) is 3.34. The van der Waals surface area contributed by atoms with Crippen molar-refractivity contribution in [3.8, 4) is 5.69 Å². The van der Waals surface area contributed by atoms with Crippen LogP contribution in [0, 0.1) is 13.8 Å². The van der Waals surface area contributed by atoms with Gasteiger partial charge in [-0.25, -0.2) is 14.6 Å². The number of hydrogen-bond acceptors (Lipinski definition) is 5. The Labute approximate surface area is 241 Å². The average molecular weight is 571 g/mol. The van der Waals surface area contributed by atoms with Gasteiger partial charge in [0, 0.05) is 38.2 Å². The van der Waals surface area contributed by atoms with Crippen molar-refractivity contribution in [3.63, 3.8) is 0 Å². The van der Waals surface area contributed by atoms with Crippen LogP contribution in [0.4, 0.5) is 19.0 Å². The number of fused-ring (bicyclic) bond motifs is 1. The second kappa shape index (κ2) is 10.9. The van der Waals surface area contributed by atoms with Crippen molar-refractivity contribution in [3.05, 3.63) is 113 Å². The number of amides is 1. The number of rotatable bonds is 5. The van der Waals surface area contributed by atoms with E-state index < -0.39 is 17.6 Å². The molecule has 0 unspecified atom stereocenters. The van der Waals surface area contributed by atoms with Crippen molar-refractivity contribution in [1.29, 1.82) is 0 Å². The Morgan fingerprint density at radius 1 is 0.857 bits per heavy atom. The van der Waals surface area contributed by atoms with Gasteiger partial charge in [0.2, 0.25) is 0 Å². The first-order valence-corrected chi connectivity index (χ1v) is 13.8. The molecule has 2 aromatic heterocycles. The molecule has 0 aliphatic carbocycles. The number of para-hydroxylation sites is 1. The maximum Gasteiger partial charge on any atom is 0.416 e. The zero-order valence-corrected chi connectivity index (χ0v) is 23.3. The van der Waals surface area contributed by atoms with Crippen LogP contribution >= 0.6 is 0 Å². The molecule has 42 heavy (non-hydrogen) atoms. The molecule has 5 aromatic rings. The van der Waals surface area contributed by atoms with Gasteiger partial charge in [0.25, 0.3) is 5.91 Å². The van der Waals surface area contributed by atoms with E-state index in [0.29, 0.717) is 44.1 Å². The van der Waals surface area contributed by atoms with E-state index in [1.54, 1.807) is 4.90 Å². The van der Waals surface area contributed by atoms with Crippen LogP contribution in [0.1, 0.15) is 38.6 Å². The van der Waals surface area contributed by atoms with E-state index in [2.05, 4.69) is 29.2 Å². The summed E-state index contributed by atoms with van der Waals surface area (Å²) < 4.78 is 41.5. The molecule has 1 aliphatic heterocycles. The third-order valence-corrected chi connectivity index (χ3v) is 7.52. The van der Waals surface area contributed by atoms with Crippen molar-refractivity contribution >= 4 is 22.8 Å². The maximum atomic E-state index is 13.2. The molecule has 10 heteroatoms. The van der Waals surface area contributed by atoms with Crippen molar-refractivity contribution in [2.45, 2.75) is 26.4 Å². The van der Waals surface area contributed by atoms with Gasteiger partial charge in [-0.15, -0.1) is 0 Å². The Balaban J connectivity index is 1.32. The van der Waals surface area contributed by atoms with Crippen LogP contribution in [-0.2, 0) is 12.6 Å². The number of carbonyl (C=O) groups is 1. The van der Waals surface area contributed by atoms with Crippen LogP contribution in [0.5, 0.6) is 0 Å². The van der Waals surface area contributed by atoms with E-state index in [4.69, 9.17) is 15.1 Å². The standard InChI is InChI=1S/C32H29F3N6O/c1-21-11-13-23(14-12-21)19-27-36-29(28-22(2)38-41(30(28)37-27)26-9-4-3-5-10-26)39-15-17-40(18-16-39)31(42)24-7-6-8-25(20-24)32(33,34)35/h3-14,20H,15-19H2,1-2H3. The largest absolute Gasteiger partial charge is 0.416 e. The zero-order chi connectivity index (χ0) is 29.4. The number of hydrogen-bond donors (Lipinski definition) is 0. The minimum atomic E-state index is -4.51. The summed E-state index contributed by atoms with van der Waals surface area (Å²) in [4.78, 5) is 26.8. The highest BCUT2D eigenvalue weighted by Crippen LogP contribution is 2.32. The van der Waals surface area contributed by atoms with Gasteiger partial charge in [0.15, 0.2) is 5.65 Å². The minimum Gasteiger partial charge on any atom is -0.352 e. The lowest BCUT2D eigenvalue weighted by molar-refractivity contribution is -0.137. The third-order valence-electron chi connectivity index (χ3n) is 7.52. The van der Waals surface area contributed by atoms with Crippen LogP contribution < -0.4 is 4.90 Å². The molecule has 0 N–H and O–H groups in total. The molecule has 6 rings (SSSR count). The topological polar surface area (TPSA) is 67.2 Å². The summed E-state index contributed by atoms with van der Waals surface area (Å²) >= 11 is 0. The first-order valence-electron chi connectivity index (χ1n) is 13.8. The van der Waals surface area contributed by atoms with E-state index in [1.807, 2.05) is 48.9 Å². The first-order chi connectivity index (χ1) is 20.2. The molecule has 7 nitrogen and oxygen atoms in total. The Morgan fingerprint density at radius 2 is 1.57 bits per heavy atom. The molecular formula is C32H29F3N6O. The molecule has 3 aromatic carbocycles. The van der Waals surface area contributed by atoms with Crippen LogP contribution in [0.3, 0.4) is 0 Å². The number of aryl methyl sites for hydroxylation is 2. The second-order valence-corrected chi connectivity index (χ2v) is 10.5. The quantitative estimate of drug-likeness (QED) is 0.259. The van der Waals surface area contributed by atoms with E-state index in [1.165, 1.54) is 17.7 Å². The van der Waals surface area contributed by atoms with Crippen LogP contribution in [0.2, 0.25) is 0 Å². The van der Waals surface area contributed by atoms with Crippen molar-refractivity contribution in [2.75, 3.05) is 31.1 Å². The predicted molar refractivity (Wildman–Crippen MR) is 155 cm³/mol. The molecule has 214 valence electrons. The van der Waals surface area contributed by atoms with Gasteiger partial charge in [-0.2, -0.15) is 18.3 Å². The third kappa shape index (κ3) is 5.44. The smallest absolute Gasteiger partial charge is 0.352 e. The number of aromatic nitrogens is 4. The van der Waals surface area contributed by atoms with Crippen LogP contribution in [0.25, 0.3) is 16.7 Å². The molecule has 0 atom stereocenters. The van der Waals surface area contributed by atoms with Crippen molar-refractivity contribution in [1.82, 2.24) is 24.6 Å². The summed E-state index contributed by atoms with van der Waals surface area (Å²) in [5, 5.41) is 5.65. The molecule has 1 aliphatic rings. The van der Waals surface area contributed by atoms with Gasteiger partial charge in [0.1, 0.15) is 11.6 Å². The lowest BCUT2D eigenvalue weighted by Crippen LogP contribution is -2.49. The van der Waals surface area contributed by atoms with Gasteiger partial charge >= 0.3 is 6.18 Å². The molecule has 1 amide bonds. The normalized spacial score (nSPS) is 14.0. The molecule has 0 spiro atoms. The highest BCUT2D eigenvalue weighted by atomic mass is 19.4. The summed E-state index contributed by atoms with van der Waals surface area (Å²) in [5.74, 6) is 0.982. The number of halogens is 3. The lowest BCUT2D eigenvalue weighted by Gasteiger charge is -2.36. The molecule has 1 saturated heterocycles. The Kier molecular flexibility index (Phi) is 7.14. The predicted octanol–water partition coefficient (Wildman–Crippen LogP) is 6.00. The SMILES string of the molecule is Cc1ccc(Cc2nc(N3CCN(C(=O)c4cccc(C(F)(F)F)c4)CC3)c3c(C)nn(-c4ccccc4)c3n2)cc1. The van der Waals surface area contributed by atoms with Gasteiger partial charge < -0.3 is 9.80 Å². The maximum absolute atomic E-state index is 13.2. The van der Waals surface area contributed by atoms with Gasteiger partial charge in [-0.3, -0.25) is 4.79 Å². The Bertz CT molecular complexity index is 1740. The van der Waals surface area contributed by atoms with Crippen LogP contribution in [-0.4, -0.2) is 56.7 Å². The molecule has 0 radical (unpaired) electrons. The van der Waals surface area contributed by atoms with E-state index >= 15 is 0 Å². The fraction of sp³-hybridized carbons (Fsp3) is 0.250. The number of nitrogens with zero attached hydrogens (tertiary/aromatic N) is 6. The van der Waals surface area contributed by atoms with Crippen LogP contribution in [0.15, 0.2) is 78.9 Å². The summed E-state index contributed by atoms with van der Waals surface area (Å²) in [5.41, 5.74) is 3.83. The number of alkyl halides is 3. The molecule has 0 saturated carbocycles. The molecule has 3 heterocycles. The molecular weight excluding hydrogens is 541 g/mol. The lowest BCUT2D eigenvalue weighted by atomic mass is 10.1. The highest BCUT2D eigenvalue weighted by molar-refractivity contribution is 5.95. The first kappa shape index (κ1) is 27.4. The second-order valence-electron chi connectivity index (χ2n) is 10.5. The fourth-order valence-electron chi connectivity index (χ4n) is 5.28. The summed E-state index contributed by atoms with van der Waals surface area (Å²) in [6.45, 7) is 5.61. The fourth-order valence-corrected chi connectivity index (χ4v) is 5.28. The summed E-state index contributed by atoms with van der Waals surface area (Å²) in [7, 11) is 0. The van der Waals surface area contributed by atoms with E-state index in [0.717, 1.165) is 40.3 Å². The summed E-state index contributed by atoms with van der Waals surface area (Å²) in [6, 6.07) is 22.7. The molecule has 1 fully saturated rings. The Morgan fingerprint density at radius 3 is 2.26 bits per heavy atom. The van der Waals surface area contributed by atoms with Gasteiger partial charge in [0.05, 0.1) is 22.3 Å². The van der Waals surface area contributed by atoms with Gasteiger partial charge in [-0.1, -0.05) is 54.1 Å². The number of carbonyl (C=O) groups excluding carboxylic acids is 1. The molecule has 0 bridgehead atoms. The Hall–Kier alpha value is -4.73. The number of anilines is 1. The van der Waals surface area contributed by atoms with Gasteiger partial charge in [-0.05, 0) is 49.7 Å². The summed E-state index contributed by atoms with van der Waals surface area (Å²) in [6.07, 6.45) is -3.97. The number of piperazine rings is 1. The monoisotopic (exact) mass is 570 g/mol. The zero-order valence-electron chi connectivity index (χ0n) is 23.3. The highest BCUT2D eigenvalue weighted by Gasteiger charge is 2.32.